The summed E-state index contributed by atoms with van der Waals surface area (Å²) in [6, 6.07) is 11.7. The number of rotatable bonds is 11. The molecule has 1 amide bonds. The van der Waals surface area contributed by atoms with E-state index in [1.54, 1.807) is 19.4 Å². The number of pyridine rings is 1. The standard InChI is InChI=1S/C25H32N4O3S/c1-6-29(7-2)23(19-10-8-11-20(14-19)31-5)15-27-24(30)21-12-9-13-26-25(21)33-16-22-17(3)28-32-18(22)4/h8-14,23H,6-7,15-16H2,1-5H3,(H,27,30). The van der Waals surface area contributed by atoms with E-state index in [-0.39, 0.29) is 11.9 Å². The third-order valence-corrected chi connectivity index (χ3v) is 6.77. The number of aryl methyl sites for hydroxylation is 2. The van der Waals surface area contributed by atoms with Crippen molar-refractivity contribution in [2.75, 3.05) is 26.7 Å². The average Bonchev–Trinajstić information content (AvgIpc) is 3.17. The van der Waals surface area contributed by atoms with Gasteiger partial charge in [-0.2, -0.15) is 0 Å². The quantitative estimate of drug-likeness (QED) is 0.405. The number of aromatic nitrogens is 2. The summed E-state index contributed by atoms with van der Waals surface area (Å²) < 4.78 is 10.7. The van der Waals surface area contributed by atoms with E-state index >= 15 is 0 Å². The van der Waals surface area contributed by atoms with Gasteiger partial charge in [-0.1, -0.05) is 31.1 Å². The average molecular weight is 469 g/mol. The highest BCUT2D eigenvalue weighted by Crippen LogP contribution is 2.28. The fourth-order valence-corrected chi connectivity index (χ4v) is 4.93. The maximum Gasteiger partial charge on any atom is 0.254 e. The van der Waals surface area contributed by atoms with Crippen molar-refractivity contribution >= 4 is 17.7 Å². The first-order chi connectivity index (χ1) is 16.0. The molecule has 7 nitrogen and oxygen atoms in total. The molecule has 3 rings (SSSR count). The molecule has 1 aromatic carbocycles. The molecule has 176 valence electrons. The van der Waals surface area contributed by atoms with Crippen LogP contribution in [-0.2, 0) is 5.75 Å². The summed E-state index contributed by atoms with van der Waals surface area (Å²) in [6.07, 6.45) is 1.71. The molecule has 2 heterocycles. The number of nitrogens with one attached hydrogen (secondary N) is 1. The van der Waals surface area contributed by atoms with Gasteiger partial charge in [0.15, 0.2) is 0 Å². The molecule has 0 fully saturated rings. The van der Waals surface area contributed by atoms with E-state index < -0.39 is 0 Å². The van der Waals surface area contributed by atoms with Gasteiger partial charge in [-0.15, -0.1) is 11.8 Å². The SMILES string of the molecule is CCN(CC)C(CNC(=O)c1cccnc1SCc1c(C)noc1C)c1cccc(OC)c1. The number of nitrogens with zero attached hydrogens (tertiary/aromatic N) is 3. The lowest BCUT2D eigenvalue weighted by Crippen LogP contribution is -2.38. The predicted octanol–water partition coefficient (Wildman–Crippen LogP) is 4.80. The minimum absolute atomic E-state index is 0.0362. The van der Waals surface area contributed by atoms with Gasteiger partial charge < -0.3 is 14.6 Å². The van der Waals surface area contributed by atoms with E-state index in [2.05, 4.69) is 40.3 Å². The molecule has 0 radical (unpaired) electrons. The van der Waals surface area contributed by atoms with Crippen molar-refractivity contribution in [1.82, 2.24) is 20.4 Å². The topological polar surface area (TPSA) is 80.5 Å². The van der Waals surface area contributed by atoms with Crippen LogP contribution in [0.2, 0.25) is 0 Å². The molecule has 33 heavy (non-hydrogen) atoms. The van der Waals surface area contributed by atoms with E-state index in [0.29, 0.717) is 22.9 Å². The van der Waals surface area contributed by atoms with Crippen molar-refractivity contribution in [1.29, 1.82) is 0 Å². The minimum atomic E-state index is -0.135. The molecular weight excluding hydrogens is 436 g/mol. The number of hydrogen-bond acceptors (Lipinski definition) is 7. The van der Waals surface area contributed by atoms with E-state index in [1.165, 1.54) is 11.8 Å². The lowest BCUT2D eigenvalue weighted by molar-refractivity contribution is 0.0931. The molecule has 1 N–H and O–H groups in total. The summed E-state index contributed by atoms with van der Waals surface area (Å²) >= 11 is 1.51. The predicted molar refractivity (Wildman–Crippen MR) is 131 cm³/mol. The first-order valence-corrected chi connectivity index (χ1v) is 12.1. The summed E-state index contributed by atoms with van der Waals surface area (Å²) in [5, 5.41) is 7.83. The van der Waals surface area contributed by atoms with Crippen LogP contribution in [0.25, 0.3) is 0 Å². The highest BCUT2D eigenvalue weighted by Gasteiger charge is 2.21. The largest absolute Gasteiger partial charge is 0.497 e. The molecule has 1 atom stereocenters. The molecule has 0 bridgehead atoms. The Morgan fingerprint density at radius 1 is 1.21 bits per heavy atom. The van der Waals surface area contributed by atoms with Crippen LogP contribution in [0.5, 0.6) is 5.75 Å². The summed E-state index contributed by atoms with van der Waals surface area (Å²) in [7, 11) is 1.66. The molecule has 0 spiro atoms. The molecule has 0 aliphatic carbocycles. The van der Waals surface area contributed by atoms with Gasteiger partial charge in [-0.25, -0.2) is 4.98 Å². The van der Waals surface area contributed by atoms with E-state index in [9.17, 15) is 4.79 Å². The second-order valence-corrected chi connectivity index (χ2v) is 8.64. The zero-order valence-corrected chi connectivity index (χ0v) is 20.7. The molecule has 0 saturated carbocycles. The Labute approximate surface area is 199 Å². The smallest absolute Gasteiger partial charge is 0.254 e. The van der Waals surface area contributed by atoms with Crippen LogP contribution in [0.4, 0.5) is 0 Å². The number of carbonyl (C=O) groups excluding carboxylic acids is 1. The van der Waals surface area contributed by atoms with Crippen molar-refractivity contribution in [2.24, 2.45) is 0 Å². The lowest BCUT2D eigenvalue weighted by Gasteiger charge is -2.30. The minimum Gasteiger partial charge on any atom is -0.497 e. The van der Waals surface area contributed by atoms with E-state index in [1.807, 2.05) is 38.1 Å². The Hall–Kier alpha value is -2.84. The summed E-state index contributed by atoms with van der Waals surface area (Å²) in [4.78, 5) is 20.0. The third kappa shape index (κ3) is 6.15. The van der Waals surface area contributed by atoms with Gasteiger partial charge in [0.1, 0.15) is 16.5 Å². The first-order valence-electron chi connectivity index (χ1n) is 11.1. The van der Waals surface area contributed by atoms with Gasteiger partial charge in [0.2, 0.25) is 0 Å². The number of hydrogen-bond donors (Lipinski definition) is 1. The molecule has 0 saturated heterocycles. The maximum absolute atomic E-state index is 13.2. The Morgan fingerprint density at radius 3 is 2.67 bits per heavy atom. The van der Waals surface area contributed by atoms with Crippen LogP contribution in [0.1, 0.15) is 52.8 Å². The van der Waals surface area contributed by atoms with E-state index in [0.717, 1.165) is 41.4 Å². The summed E-state index contributed by atoms with van der Waals surface area (Å²) in [5.74, 6) is 2.11. The highest BCUT2D eigenvalue weighted by molar-refractivity contribution is 7.98. The van der Waals surface area contributed by atoms with Crippen LogP contribution >= 0.6 is 11.8 Å². The fraction of sp³-hybridized carbons (Fsp3) is 0.400. The maximum atomic E-state index is 13.2. The van der Waals surface area contributed by atoms with Gasteiger partial charge in [-0.05, 0) is 56.8 Å². The van der Waals surface area contributed by atoms with Crippen LogP contribution in [-0.4, -0.2) is 47.7 Å². The van der Waals surface area contributed by atoms with Gasteiger partial charge in [-0.3, -0.25) is 9.69 Å². The van der Waals surface area contributed by atoms with Crippen molar-refractivity contribution in [3.63, 3.8) is 0 Å². The molecule has 1 unspecified atom stereocenters. The number of ether oxygens (including phenoxy) is 1. The summed E-state index contributed by atoms with van der Waals surface area (Å²) in [6.45, 7) is 10.3. The highest BCUT2D eigenvalue weighted by atomic mass is 32.2. The normalized spacial score (nSPS) is 12.1. The van der Waals surface area contributed by atoms with Gasteiger partial charge >= 0.3 is 0 Å². The Bertz CT molecular complexity index is 1050. The fourth-order valence-electron chi connectivity index (χ4n) is 3.78. The van der Waals surface area contributed by atoms with Crippen LogP contribution in [0.15, 0.2) is 52.1 Å². The van der Waals surface area contributed by atoms with E-state index in [4.69, 9.17) is 9.26 Å². The van der Waals surface area contributed by atoms with Crippen LogP contribution in [0.3, 0.4) is 0 Å². The van der Waals surface area contributed by atoms with Crippen molar-refractivity contribution in [3.8, 4) is 5.75 Å². The number of thioether (sulfide) groups is 1. The number of benzene rings is 1. The molecule has 0 aliphatic heterocycles. The number of methoxy groups -OCH3 is 1. The van der Waals surface area contributed by atoms with Crippen molar-refractivity contribution < 1.29 is 14.1 Å². The van der Waals surface area contributed by atoms with Crippen LogP contribution < -0.4 is 10.1 Å². The Kier molecular flexibility index (Phi) is 8.91. The molecule has 3 aromatic rings. The Morgan fingerprint density at radius 2 is 2.00 bits per heavy atom. The van der Waals surface area contributed by atoms with Gasteiger partial charge in [0, 0.05) is 24.1 Å². The second-order valence-electron chi connectivity index (χ2n) is 7.67. The molecular formula is C25H32N4O3S. The Balaban J connectivity index is 1.75. The van der Waals surface area contributed by atoms with Gasteiger partial charge in [0.05, 0.1) is 24.4 Å². The van der Waals surface area contributed by atoms with Crippen molar-refractivity contribution in [3.05, 3.63) is 70.7 Å². The number of amides is 1. The zero-order chi connectivity index (χ0) is 23.8. The summed E-state index contributed by atoms with van der Waals surface area (Å²) in [5.41, 5.74) is 3.58. The van der Waals surface area contributed by atoms with Crippen molar-refractivity contribution in [2.45, 2.75) is 44.5 Å². The lowest BCUT2D eigenvalue weighted by atomic mass is 10.0. The van der Waals surface area contributed by atoms with Gasteiger partial charge in [0.25, 0.3) is 5.91 Å². The zero-order valence-electron chi connectivity index (χ0n) is 19.9. The number of likely N-dealkylation sites (N-methyl/N-ethyl adjacent to an activating group) is 1. The molecule has 8 heteroatoms. The van der Waals surface area contributed by atoms with Crippen LogP contribution in [0, 0.1) is 13.8 Å². The molecule has 2 aromatic heterocycles. The first kappa shape index (κ1) is 24.8. The third-order valence-electron chi connectivity index (χ3n) is 5.74. The second kappa shape index (κ2) is 11.9. The monoisotopic (exact) mass is 468 g/mol. The number of carbonyl (C=O) groups is 1. The molecule has 0 aliphatic rings.